The number of rotatable bonds is 4. The van der Waals surface area contributed by atoms with Gasteiger partial charge >= 0.3 is 16.6 Å². The van der Waals surface area contributed by atoms with E-state index in [4.69, 9.17) is 9.66 Å². The third-order valence-electron chi connectivity index (χ3n) is 2.15. The van der Waals surface area contributed by atoms with Crippen LogP contribution in [0.25, 0.3) is 0 Å². The first kappa shape index (κ1) is 22.3. The standard InChI is InChI=1S/C9H10O7S2.CH4O4S/c1-17(12,13)6-3-4-7(16-9(10)11)8(5-6)18(2,14)15;1-5-6(2,3)4/h3-5H,1-2H3,(H,10,11);1H3,(H,2,3,4). The molecule has 1 aromatic carbocycles. The van der Waals surface area contributed by atoms with Crippen molar-refractivity contribution in [2.24, 2.45) is 0 Å². The summed E-state index contributed by atoms with van der Waals surface area (Å²) in [7, 11) is -10.7. The first-order chi connectivity index (χ1) is 10.6. The van der Waals surface area contributed by atoms with Crippen molar-refractivity contribution in [3.8, 4) is 5.75 Å². The summed E-state index contributed by atoms with van der Waals surface area (Å²) in [4.78, 5) is 9.67. The molecule has 0 radical (unpaired) electrons. The summed E-state index contributed by atoms with van der Waals surface area (Å²) >= 11 is 0. The highest BCUT2D eigenvalue weighted by Crippen LogP contribution is 2.27. The molecule has 1 aromatic rings. The average molecular weight is 406 g/mol. The summed E-state index contributed by atoms with van der Waals surface area (Å²) in [6.45, 7) is 0. The summed E-state index contributed by atoms with van der Waals surface area (Å²) in [5, 5.41) is 8.45. The number of carboxylic acid groups (broad SMARTS) is 1. The highest BCUT2D eigenvalue weighted by atomic mass is 32.3. The lowest BCUT2D eigenvalue weighted by molar-refractivity contribution is 0.143. The monoisotopic (exact) mass is 406 g/mol. The molecule has 14 heteroatoms. The molecule has 0 saturated carbocycles. The Bertz CT molecular complexity index is 911. The maximum Gasteiger partial charge on any atom is 0.511 e. The Morgan fingerprint density at radius 2 is 1.46 bits per heavy atom. The molecule has 0 aliphatic carbocycles. The predicted octanol–water partition coefficient (Wildman–Crippen LogP) is -0.0140. The van der Waals surface area contributed by atoms with Gasteiger partial charge in [0.15, 0.2) is 25.4 Å². The zero-order valence-electron chi connectivity index (χ0n) is 12.5. The van der Waals surface area contributed by atoms with Crippen LogP contribution in [0.4, 0.5) is 4.79 Å². The minimum absolute atomic E-state index is 0.235. The van der Waals surface area contributed by atoms with Gasteiger partial charge in [0.1, 0.15) is 4.90 Å². The molecule has 0 aliphatic heterocycles. The number of sulfone groups is 2. The second-order valence-corrected chi connectivity index (χ2v) is 9.30. The molecule has 2 N–H and O–H groups in total. The van der Waals surface area contributed by atoms with E-state index < -0.39 is 46.9 Å². The molecular formula is C10H14O11S3. The van der Waals surface area contributed by atoms with Crippen LogP contribution >= 0.6 is 0 Å². The van der Waals surface area contributed by atoms with Crippen LogP contribution in [-0.4, -0.2) is 60.7 Å². The van der Waals surface area contributed by atoms with Crippen molar-refractivity contribution in [3.63, 3.8) is 0 Å². The fraction of sp³-hybridized carbons (Fsp3) is 0.300. The first-order valence-electron chi connectivity index (χ1n) is 5.56. The van der Waals surface area contributed by atoms with Crippen molar-refractivity contribution in [1.29, 1.82) is 0 Å². The second-order valence-electron chi connectivity index (χ2n) is 4.12. The third-order valence-corrected chi connectivity index (χ3v) is 4.80. The van der Waals surface area contributed by atoms with Crippen LogP contribution in [-0.2, 0) is 34.3 Å². The summed E-state index contributed by atoms with van der Waals surface area (Å²) < 4.78 is 79.5. The van der Waals surface area contributed by atoms with Crippen LogP contribution in [0, 0.1) is 0 Å². The van der Waals surface area contributed by atoms with Gasteiger partial charge in [0.05, 0.1) is 12.0 Å². The topological polar surface area (TPSA) is 178 Å². The molecule has 1 rings (SSSR count). The minimum atomic E-state index is -4.16. The van der Waals surface area contributed by atoms with Crippen LogP contribution in [0.1, 0.15) is 0 Å². The molecule has 0 atom stereocenters. The van der Waals surface area contributed by atoms with Crippen molar-refractivity contribution in [3.05, 3.63) is 18.2 Å². The zero-order valence-corrected chi connectivity index (χ0v) is 15.0. The fourth-order valence-corrected chi connectivity index (χ4v) is 2.73. The molecule has 0 saturated heterocycles. The lowest BCUT2D eigenvalue weighted by Gasteiger charge is -2.08. The van der Waals surface area contributed by atoms with E-state index in [1.54, 1.807) is 0 Å². The summed E-state index contributed by atoms with van der Waals surface area (Å²) in [5.41, 5.74) is 0. The largest absolute Gasteiger partial charge is 0.511 e. The smallest absolute Gasteiger partial charge is 0.449 e. The minimum Gasteiger partial charge on any atom is -0.449 e. The Balaban J connectivity index is 0.000000754. The van der Waals surface area contributed by atoms with Gasteiger partial charge in [-0.3, -0.25) is 8.74 Å². The maximum atomic E-state index is 11.4. The molecule has 0 aromatic heterocycles. The van der Waals surface area contributed by atoms with E-state index in [1.807, 2.05) is 0 Å². The number of carbonyl (C=O) groups is 1. The Morgan fingerprint density at radius 3 is 1.75 bits per heavy atom. The van der Waals surface area contributed by atoms with Gasteiger partial charge in [-0.2, -0.15) is 8.42 Å². The molecule has 0 unspecified atom stereocenters. The van der Waals surface area contributed by atoms with Crippen LogP contribution in [0.15, 0.2) is 28.0 Å². The first-order valence-corrected chi connectivity index (χ1v) is 10.7. The highest BCUT2D eigenvalue weighted by Gasteiger charge is 2.20. The summed E-state index contributed by atoms with van der Waals surface area (Å²) in [6, 6.07) is 2.92. The van der Waals surface area contributed by atoms with Crippen LogP contribution in [0.2, 0.25) is 0 Å². The van der Waals surface area contributed by atoms with Crippen molar-refractivity contribution < 1.29 is 48.6 Å². The zero-order chi connectivity index (χ0) is 19.3. The SMILES string of the molecule is COS(=O)(=O)O.CS(=O)(=O)c1ccc(OC(=O)O)c(S(C)(=O)=O)c1. The molecule has 0 heterocycles. The lowest BCUT2D eigenvalue weighted by atomic mass is 10.3. The quantitative estimate of drug-likeness (QED) is 0.390. The van der Waals surface area contributed by atoms with Gasteiger partial charge in [-0.1, -0.05) is 0 Å². The van der Waals surface area contributed by atoms with E-state index in [1.165, 1.54) is 0 Å². The van der Waals surface area contributed by atoms with E-state index in [2.05, 4.69) is 8.92 Å². The van der Waals surface area contributed by atoms with E-state index in [0.717, 1.165) is 37.8 Å². The van der Waals surface area contributed by atoms with Crippen LogP contribution in [0.5, 0.6) is 5.75 Å². The average Bonchev–Trinajstić information content (AvgIpc) is 2.35. The van der Waals surface area contributed by atoms with E-state index in [0.29, 0.717) is 0 Å². The van der Waals surface area contributed by atoms with E-state index in [9.17, 15) is 30.0 Å². The van der Waals surface area contributed by atoms with Crippen LogP contribution in [0.3, 0.4) is 0 Å². The molecule has 0 spiro atoms. The Hall–Kier alpha value is -1.74. The van der Waals surface area contributed by atoms with Gasteiger partial charge in [-0.05, 0) is 18.2 Å². The Kier molecular flexibility index (Phi) is 7.32. The second kappa shape index (κ2) is 7.89. The summed E-state index contributed by atoms with van der Waals surface area (Å²) in [6.07, 6.45) is 0.0434. The van der Waals surface area contributed by atoms with Gasteiger partial charge in [0.2, 0.25) is 0 Å². The van der Waals surface area contributed by atoms with Crippen molar-refractivity contribution in [1.82, 2.24) is 0 Å². The van der Waals surface area contributed by atoms with Crippen molar-refractivity contribution in [2.75, 3.05) is 19.6 Å². The number of ether oxygens (including phenoxy) is 1. The molecule has 0 fully saturated rings. The van der Waals surface area contributed by atoms with E-state index >= 15 is 0 Å². The third kappa shape index (κ3) is 8.21. The Labute approximate surface area is 138 Å². The van der Waals surface area contributed by atoms with Gasteiger partial charge < -0.3 is 9.84 Å². The highest BCUT2D eigenvalue weighted by molar-refractivity contribution is 7.91. The van der Waals surface area contributed by atoms with Gasteiger partial charge in [0, 0.05) is 12.5 Å². The van der Waals surface area contributed by atoms with Crippen molar-refractivity contribution >= 4 is 36.2 Å². The molecular weight excluding hydrogens is 392 g/mol. The normalized spacial score (nSPS) is 12.0. The summed E-state index contributed by atoms with van der Waals surface area (Å²) in [5.74, 6) is -0.433. The fourth-order valence-electron chi connectivity index (χ4n) is 1.19. The molecule has 0 aliphatic rings. The molecule has 0 bridgehead atoms. The number of benzene rings is 1. The van der Waals surface area contributed by atoms with E-state index in [-0.39, 0.29) is 4.90 Å². The van der Waals surface area contributed by atoms with Crippen LogP contribution < -0.4 is 4.74 Å². The van der Waals surface area contributed by atoms with Gasteiger partial charge in [0.25, 0.3) is 0 Å². The molecule has 11 nitrogen and oxygen atoms in total. The Morgan fingerprint density at radius 1 is 1.00 bits per heavy atom. The van der Waals surface area contributed by atoms with Gasteiger partial charge in [-0.15, -0.1) is 0 Å². The van der Waals surface area contributed by atoms with Gasteiger partial charge in [-0.25, -0.2) is 21.6 Å². The number of hydrogen-bond acceptors (Lipinski definition) is 9. The number of hydrogen-bond donors (Lipinski definition) is 2. The maximum absolute atomic E-state index is 11.4. The molecule has 0 amide bonds. The lowest BCUT2D eigenvalue weighted by Crippen LogP contribution is -2.09. The molecule has 138 valence electrons. The van der Waals surface area contributed by atoms with Crippen molar-refractivity contribution in [2.45, 2.75) is 9.79 Å². The predicted molar refractivity (Wildman–Crippen MR) is 79.9 cm³/mol. The molecule has 24 heavy (non-hydrogen) atoms.